The Morgan fingerprint density at radius 2 is 1.80 bits per heavy atom. The Kier molecular flexibility index (Phi) is 3.07. The Morgan fingerprint density at radius 1 is 1.00 bits per heavy atom. The molecule has 3 aromatic rings. The predicted molar refractivity (Wildman–Crippen MR) is 83.9 cm³/mol. The Labute approximate surface area is 122 Å². The van der Waals surface area contributed by atoms with Crippen molar-refractivity contribution in [2.24, 2.45) is 0 Å². The average Bonchev–Trinajstić information content (AvgIpc) is 2.40. The summed E-state index contributed by atoms with van der Waals surface area (Å²) in [6.45, 7) is 4.01. The van der Waals surface area contributed by atoms with Crippen LogP contribution in [0.25, 0.3) is 22.3 Å². The number of anilines is 1. The van der Waals surface area contributed by atoms with Crippen LogP contribution >= 0.6 is 11.6 Å². The highest BCUT2D eigenvalue weighted by molar-refractivity contribution is 6.30. The molecule has 0 spiro atoms. The van der Waals surface area contributed by atoms with Gasteiger partial charge in [-0.05, 0) is 49.2 Å². The van der Waals surface area contributed by atoms with Gasteiger partial charge in [0, 0.05) is 16.0 Å². The Morgan fingerprint density at radius 3 is 2.55 bits per heavy atom. The molecular formula is C16H14ClN3. The van der Waals surface area contributed by atoms with Crippen LogP contribution in [0.15, 0.2) is 36.4 Å². The quantitative estimate of drug-likeness (QED) is 0.730. The van der Waals surface area contributed by atoms with Crippen molar-refractivity contribution in [2.45, 2.75) is 13.8 Å². The molecule has 0 saturated heterocycles. The molecule has 0 fully saturated rings. The molecule has 2 aromatic carbocycles. The van der Waals surface area contributed by atoms with Crippen LogP contribution in [0.1, 0.15) is 11.1 Å². The molecule has 3 nitrogen and oxygen atoms in total. The number of aromatic nitrogens is 2. The molecule has 0 amide bonds. The van der Waals surface area contributed by atoms with Gasteiger partial charge in [0.15, 0.2) is 5.82 Å². The molecule has 1 heterocycles. The van der Waals surface area contributed by atoms with Crippen LogP contribution in [0.5, 0.6) is 0 Å². The van der Waals surface area contributed by atoms with Crippen molar-refractivity contribution < 1.29 is 0 Å². The highest BCUT2D eigenvalue weighted by Gasteiger charge is 2.10. The second-order valence-corrected chi connectivity index (χ2v) is 5.30. The average molecular weight is 284 g/mol. The minimum Gasteiger partial charge on any atom is -0.383 e. The molecule has 20 heavy (non-hydrogen) atoms. The summed E-state index contributed by atoms with van der Waals surface area (Å²) in [5.41, 5.74) is 10.0. The van der Waals surface area contributed by atoms with Gasteiger partial charge in [-0.1, -0.05) is 23.7 Å². The zero-order valence-corrected chi connectivity index (χ0v) is 12.1. The number of nitrogens with two attached hydrogens (primary N) is 1. The van der Waals surface area contributed by atoms with E-state index in [0.717, 1.165) is 27.6 Å². The van der Waals surface area contributed by atoms with Crippen molar-refractivity contribution in [3.05, 3.63) is 52.5 Å². The Hall–Kier alpha value is -2.13. The van der Waals surface area contributed by atoms with Gasteiger partial charge in [-0.25, -0.2) is 9.97 Å². The molecule has 2 N–H and O–H groups in total. The molecule has 0 saturated carbocycles. The summed E-state index contributed by atoms with van der Waals surface area (Å²) in [7, 11) is 0. The van der Waals surface area contributed by atoms with Crippen LogP contribution in [0.4, 0.5) is 5.82 Å². The first-order chi connectivity index (χ1) is 9.56. The smallest absolute Gasteiger partial charge is 0.162 e. The van der Waals surface area contributed by atoms with E-state index in [0.29, 0.717) is 16.7 Å². The van der Waals surface area contributed by atoms with Crippen molar-refractivity contribution in [1.82, 2.24) is 9.97 Å². The number of halogens is 1. The number of fused-ring (bicyclic) bond motifs is 1. The summed E-state index contributed by atoms with van der Waals surface area (Å²) in [6.07, 6.45) is 0. The van der Waals surface area contributed by atoms with Crippen molar-refractivity contribution in [3.63, 3.8) is 0 Å². The first kappa shape index (κ1) is 12.9. The maximum absolute atomic E-state index is 6.07. The SMILES string of the molecule is Cc1cc(Cl)ccc1-c1nc(N)c2cccc(C)c2n1. The first-order valence-electron chi connectivity index (χ1n) is 6.35. The second-order valence-electron chi connectivity index (χ2n) is 4.86. The van der Waals surface area contributed by atoms with Gasteiger partial charge < -0.3 is 5.73 Å². The third kappa shape index (κ3) is 2.10. The van der Waals surface area contributed by atoms with E-state index in [4.69, 9.17) is 17.3 Å². The Bertz CT molecular complexity index is 812. The number of para-hydroxylation sites is 1. The van der Waals surface area contributed by atoms with Gasteiger partial charge in [0.2, 0.25) is 0 Å². The molecule has 0 radical (unpaired) electrons. The summed E-state index contributed by atoms with van der Waals surface area (Å²) in [6, 6.07) is 11.6. The molecule has 0 bridgehead atoms. The van der Waals surface area contributed by atoms with Gasteiger partial charge >= 0.3 is 0 Å². The van der Waals surface area contributed by atoms with Crippen molar-refractivity contribution >= 4 is 28.3 Å². The molecule has 1 aromatic heterocycles. The monoisotopic (exact) mass is 283 g/mol. The lowest BCUT2D eigenvalue weighted by atomic mass is 10.1. The summed E-state index contributed by atoms with van der Waals surface area (Å²) in [5, 5.41) is 1.59. The molecule has 0 aliphatic carbocycles. The minimum absolute atomic E-state index is 0.503. The van der Waals surface area contributed by atoms with E-state index < -0.39 is 0 Å². The zero-order chi connectivity index (χ0) is 14.3. The number of hydrogen-bond acceptors (Lipinski definition) is 3. The molecule has 0 aliphatic heterocycles. The van der Waals surface area contributed by atoms with Crippen LogP contribution in [0.3, 0.4) is 0 Å². The van der Waals surface area contributed by atoms with Gasteiger partial charge in [-0.3, -0.25) is 0 Å². The Balaban J connectivity index is 2.29. The lowest BCUT2D eigenvalue weighted by Crippen LogP contribution is -1.99. The fraction of sp³-hybridized carbons (Fsp3) is 0.125. The van der Waals surface area contributed by atoms with Crippen molar-refractivity contribution in [1.29, 1.82) is 0 Å². The standard InChI is InChI=1S/C16H14ClN3/c1-9-4-3-5-13-14(9)19-16(20-15(13)18)12-7-6-11(17)8-10(12)2/h3-8H,1-2H3,(H2,18,19,20). The molecule has 4 heteroatoms. The maximum atomic E-state index is 6.07. The lowest BCUT2D eigenvalue weighted by molar-refractivity contribution is 1.21. The maximum Gasteiger partial charge on any atom is 0.162 e. The largest absolute Gasteiger partial charge is 0.383 e. The number of benzene rings is 2. The molecule has 0 aliphatic rings. The highest BCUT2D eigenvalue weighted by Crippen LogP contribution is 2.28. The van der Waals surface area contributed by atoms with Crippen LogP contribution in [-0.2, 0) is 0 Å². The third-order valence-corrected chi connectivity index (χ3v) is 3.62. The first-order valence-corrected chi connectivity index (χ1v) is 6.73. The van der Waals surface area contributed by atoms with Crippen molar-refractivity contribution in [2.75, 3.05) is 5.73 Å². The fourth-order valence-corrected chi connectivity index (χ4v) is 2.54. The van der Waals surface area contributed by atoms with E-state index in [1.54, 1.807) is 0 Å². The summed E-state index contributed by atoms with van der Waals surface area (Å²) < 4.78 is 0. The number of nitrogen functional groups attached to an aromatic ring is 1. The molecule has 3 rings (SSSR count). The highest BCUT2D eigenvalue weighted by atomic mass is 35.5. The van der Waals surface area contributed by atoms with E-state index >= 15 is 0 Å². The zero-order valence-electron chi connectivity index (χ0n) is 11.3. The molecular weight excluding hydrogens is 270 g/mol. The summed E-state index contributed by atoms with van der Waals surface area (Å²) in [5.74, 6) is 1.14. The van der Waals surface area contributed by atoms with Gasteiger partial charge in [0.05, 0.1) is 5.52 Å². The third-order valence-electron chi connectivity index (χ3n) is 3.39. The molecule has 0 unspecified atom stereocenters. The molecule has 100 valence electrons. The number of aryl methyl sites for hydroxylation is 2. The fourth-order valence-electron chi connectivity index (χ4n) is 2.32. The van der Waals surface area contributed by atoms with Crippen LogP contribution in [0, 0.1) is 13.8 Å². The van der Waals surface area contributed by atoms with E-state index in [1.165, 1.54) is 0 Å². The number of nitrogens with zero attached hydrogens (tertiary/aromatic N) is 2. The second kappa shape index (κ2) is 4.76. The van der Waals surface area contributed by atoms with Gasteiger partial charge in [0.1, 0.15) is 5.82 Å². The van der Waals surface area contributed by atoms with Gasteiger partial charge in [0.25, 0.3) is 0 Å². The van der Waals surface area contributed by atoms with E-state index in [1.807, 2.05) is 50.2 Å². The van der Waals surface area contributed by atoms with E-state index in [9.17, 15) is 0 Å². The number of hydrogen-bond donors (Lipinski definition) is 1. The van der Waals surface area contributed by atoms with E-state index in [-0.39, 0.29) is 0 Å². The normalized spacial score (nSPS) is 10.9. The van der Waals surface area contributed by atoms with E-state index in [2.05, 4.69) is 9.97 Å². The van der Waals surface area contributed by atoms with Crippen molar-refractivity contribution in [3.8, 4) is 11.4 Å². The molecule has 0 atom stereocenters. The summed E-state index contributed by atoms with van der Waals surface area (Å²) in [4.78, 5) is 9.09. The minimum atomic E-state index is 0.503. The lowest BCUT2D eigenvalue weighted by Gasteiger charge is -2.09. The summed E-state index contributed by atoms with van der Waals surface area (Å²) >= 11 is 5.99. The van der Waals surface area contributed by atoms with Gasteiger partial charge in [-0.2, -0.15) is 0 Å². The topological polar surface area (TPSA) is 51.8 Å². The van der Waals surface area contributed by atoms with Crippen LogP contribution < -0.4 is 5.73 Å². The number of rotatable bonds is 1. The van der Waals surface area contributed by atoms with Crippen LogP contribution in [0.2, 0.25) is 5.02 Å². The van der Waals surface area contributed by atoms with Gasteiger partial charge in [-0.15, -0.1) is 0 Å². The predicted octanol–water partition coefficient (Wildman–Crippen LogP) is 4.15. The van der Waals surface area contributed by atoms with Crippen LogP contribution in [-0.4, -0.2) is 9.97 Å².